The van der Waals surface area contributed by atoms with Crippen LogP contribution in [0.15, 0.2) is 6.20 Å². The van der Waals surface area contributed by atoms with Crippen molar-refractivity contribution in [3.05, 3.63) is 11.9 Å². The van der Waals surface area contributed by atoms with Crippen LogP contribution in [0.3, 0.4) is 0 Å². The zero-order chi connectivity index (χ0) is 10.1. The van der Waals surface area contributed by atoms with E-state index in [0.717, 1.165) is 18.7 Å². The van der Waals surface area contributed by atoms with Gasteiger partial charge in [0.1, 0.15) is 5.69 Å². The maximum atomic E-state index is 11.3. The summed E-state index contributed by atoms with van der Waals surface area (Å²) in [7, 11) is 1.83. The summed E-state index contributed by atoms with van der Waals surface area (Å²) in [5.74, 6) is 0.204. The highest BCUT2D eigenvalue weighted by molar-refractivity contribution is 5.78. The molecule has 0 atom stereocenters. The van der Waals surface area contributed by atoms with Crippen molar-refractivity contribution >= 4 is 11.6 Å². The quantitative estimate of drug-likeness (QED) is 0.727. The molecule has 2 rings (SSSR count). The number of rotatable bonds is 2. The molecule has 1 aromatic heterocycles. The highest BCUT2D eigenvalue weighted by Crippen LogP contribution is 2.16. The standard InChI is InChI=1S/C9H14N4O/c1-12-5-7(10)8(11-12)6-13-4-2-3-9(13)14/h5H,2-4,6,10H2,1H3. The molecule has 0 unspecified atom stereocenters. The monoisotopic (exact) mass is 194 g/mol. The second kappa shape index (κ2) is 3.32. The number of amides is 1. The molecule has 0 radical (unpaired) electrons. The number of anilines is 1. The predicted molar refractivity (Wildman–Crippen MR) is 52.3 cm³/mol. The zero-order valence-corrected chi connectivity index (χ0v) is 8.23. The first kappa shape index (κ1) is 9.05. The molecular weight excluding hydrogens is 180 g/mol. The summed E-state index contributed by atoms with van der Waals surface area (Å²) in [4.78, 5) is 13.2. The van der Waals surface area contributed by atoms with Gasteiger partial charge in [0, 0.05) is 26.2 Å². The number of hydrogen-bond donors (Lipinski definition) is 1. The highest BCUT2D eigenvalue weighted by atomic mass is 16.2. The Bertz CT molecular complexity index is 358. The van der Waals surface area contributed by atoms with Crippen molar-refractivity contribution in [3.8, 4) is 0 Å². The zero-order valence-electron chi connectivity index (χ0n) is 8.23. The molecule has 0 aliphatic carbocycles. The van der Waals surface area contributed by atoms with Gasteiger partial charge in [-0.05, 0) is 6.42 Å². The van der Waals surface area contributed by atoms with E-state index in [4.69, 9.17) is 5.73 Å². The smallest absolute Gasteiger partial charge is 0.222 e. The Balaban J connectivity index is 2.10. The van der Waals surface area contributed by atoms with Gasteiger partial charge < -0.3 is 10.6 Å². The van der Waals surface area contributed by atoms with Crippen LogP contribution in [-0.2, 0) is 18.4 Å². The van der Waals surface area contributed by atoms with Crippen molar-refractivity contribution < 1.29 is 4.79 Å². The minimum atomic E-state index is 0.204. The lowest BCUT2D eigenvalue weighted by Gasteiger charge is -2.13. The molecule has 0 bridgehead atoms. The lowest BCUT2D eigenvalue weighted by atomic mass is 10.3. The van der Waals surface area contributed by atoms with E-state index < -0.39 is 0 Å². The van der Waals surface area contributed by atoms with Crippen molar-refractivity contribution in [1.29, 1.82) is 0 Å². The molecule has 1 aliphatic rings. The van der Waals surface area contributed by atoms with E-state index in [-0.39, 0.29) is 5.91 Å². The fourth-order valence-corrected chi connectivity index (χ4v) is 1.73. The van der Waals surface area contributed by atoms with Gasteiger partial charge in [-0.2, -0.15) is 5.10 Å². The molecule has 2 N–H and O–H groups in total. The number of carbonyl (C=O) groups is 1. The average Bonchev–Trinajstić information content (AvgIpc) is 2.62. The summed E-state index contributed by atoms with van der Waals surface area (Å²) in [6.45, 7) is 1.38. The Labute approximate surface area is 82.5 Å². The Morgan fingerprint density at radius 1 is 1.64 bits per heavy atom. The summed E-state index contributed by atoms with van der Waals surface area (Å²) < 4.78 is 1.67. The van der Waals surface area contributed by atoms with Crippen LogP contribution in [0.4, 0.5) is 5.69 Å². The van der Waals surface area contributed by atoms with Gasteiger partial charge in [-0.1, -0.05) is 0 Å². The number of likely N-dealkylation sites (tertiary alicyclic amines) is 1. The second-order valence-corrected chi connectivity index (χ2v) is 3.62. The van der Waals surface area contributed by atoms with Gasteiger partial charge in [-0.3, -0.25) is 9.48 Å². The first-order chi connectivity index (χ1) is 6.66. The van der Waals surface area contributed by atoms with E-state index in [2.05, 4.69) is 5.10 Å². The molecule has 0 aromatic carbocycles. The fourth-order valence-electron chi connectivity index (χ4n) is 1.73. The lowest BCUT2D eigenvalue weighted by Crippen LogP contribution is -2.24. The Kier molecular flexibility index (Phi) is 2.15. The van der Waals surface area contributed by atoms with Crippen LogP contribution < -0.4 is 5.73 Å². The van der Waals surface area contributed by atoms with Crippen LogP contribution in [0.5, 0.6) is 0 Å². The summed E-state index contributed by atoms with van der Waals surface area (Å²) in [5, 5.41) is 4.21. The number of aromatic nitrogens is 2. The van der Waals surface area contributed by atoms with Gasteiger partial charge in [0.25, 0.3) is 0 Å². The van der Waals surface area contributed by atoms with Crippen LogP contribution in [0.25, 0.3) is 0 Å². The fraction of sp³-hybridized carbons (Fsp3) is 0.556. The molecule has 5 nitrogen and oxygen atoms in total. The third-order valence-corrected chi connectivity index (χ3v) is 2.45. The molecule has 1 fully saturated rings. The van der Waals surface area contributed by atoms with Crippen molar-refractivity contribution in [1.82, 2.24) is 14.7 Å². The molecular formula is C9H14N4O. The van der Waals surface area contributed by atoms with Crippen LogP contribution in [0, 0.1) is 0 Å². The second-order valence-electron chi connectivity index (χ2n) is 3.62. The van der Waals surface area contributed by atoms with E-state index in [0.29, 0.717) is 18.7 Å². The number of nitrogen functional groups attached to an aromatic ring is 1. The molecule has 1 amide bonds. The average molecular weight is 194 g/mol. The van der Waals surface area contributed by atoms with Gasteiger partial charge in [0.2, 0.25) is 5.91 Å². The summed E-state index contributed by atoms with van der Waals surface area (Å²) in [5.41, 5.74) is 7.20. The largest absolute Gasteiger partial charge is 0.396 e. The first-order valence-electron chi connectivity index (χ1n) is 4.72. The topological polar surface area (TPSA) is 64.2 Å². The summed E-state index contributed by atoms with van der Waals surface area (Å²) >= 11 is 0. The maximum Gasteiger partial charge on any atom is 0.222 e. The van der Waals surface area contributed by atoms with E-state index in [1.54, 1.807) is 15.8 Å². The van der Waals surface area contributed by atoms with E-state index >= 15 is 0 Å². The molecule has 0 spiro atoms. The highest BCUT2D eigenvalue weighted by Gasteiger charge is 2.21. The Hall–Kier alpha value is -1.52. The molecule has 2 heterocycles. The Morgan fingerprint density at radius 2 is 2.43 bits per heavy atom. The minimum Gasteiger partial charge on any atom is -0.396 e. The van der Waals surface area contributed by atoms with Gasteiger partial charge in [0.05, 0.1) is 12.2 Å². The van der Waals surface area contributed by atoms with Gasteiger partial charge >= 0.3 is 0 Å². The van der Waals surface area contributed by atoms with Crippen LogP contribution in [-0.4, -0.2) is 27.1 Å². The summed E-state index contributed by atoms with van der Waals surface area (Å²) in [6, 6.07) is 0. The van der Waals surface area contributed by atoms with Crippen molar-refractivity contribution in [3.63, 3.8) is 0 Å². The maximum absolute atomic E-state index is 11.3. The number of hydrogen-bond acceptors (Lipinski definition) is 3. The SMILES string of the molecule is Cn1cc(N)c(CN2CCCC2=O)n1. The van der Waals surface area contributed by atoms with Crippen molar-refractivity contribution in [2.75, 3.05) is 12.3 Å². The number of aryl methyl sites for hydroxylation is 1. The molecule has 1 saturated heterocycles. The normalized spacial score (nSPS) is 16.6. The Morgan fingerprint density at radius 3 is 2.93 bits per heavy atom. The van der Waals surface area contributed by atoms with Gasteiger partial charge in [-0.25, -0.2) is 0 Å². The molecule has 1 aromatic rings. The third kappa shape index (κ3) is 1.57. The molecule has 76 valence electrons. The van der Waals surface area contributed by atoms with Gasteiger partial charge in [0.15, 0.2) is 0 Å². The number of carbonyl (C=O) groups excluding carboxylic acids is 1. The first-order valence-corrected chi connectivity index (χ1v) is 4.72. The van der Waals surface area contributed by atoms with Crippen molar-refractivity contribution in [2.45, 2.75) is 19.4 Å². The van der Waals surface area contributed by atoms with Crippen LogP contribution in [0.2, 0.25) is 0 Å². The summed E-state index contributed by atoms with van der Waals surface area (Å²) in [6.07, 6.45) is 3.37. The van der Waals surface area contributed by atoms with E-state index in [1.165, 1.54) is 0 Å². The molecule has 0 saturated carbocycles. The van der Waals surface area contributed by atoms with E-state index in [1.807, 2.05) is 7.05 Å². The van der Waals surface area contributed by atoms with Gasteiger partial charge in [-0.15, -0.1) is 0 Å². The predicted octanol–water partition coefficient (Wildman–Crippen LogP) is 0.125. The third-order valence-electron chi connectivity index (χ3n) is 2.45. The molecule has 14 heavy (non-hydrogen) atoms. The van der Waals surface area contributed by atoms with E-state index in [9.17, 15) is 4.79 Å². The number of nitrogens with two attached hydrogens (primary N) is 1. The molecule has 1 aliphatic heterocycles. The van der Waals surface area contributed by atoms with Crippen LogP contribution >= 0.6 is 0 Å². The van der Waals surface area contributed by atoms with Crippen LogP contribution in [0.1, 0.15) is 18.5 Å². The lowest BCUT2D eigenvalue weighted by molar-refractivity contribution is -0.128. The minimum absolute atomic E-state index is 0.204. The molecule has 5 heteroatoms. The van der Waals surface area contributed by atoms with Crippen molar-refractivity contribution in [2.24, 2.45) is 7.05 Å². The number of nitrogens with zero attached hydrogens (tertiary/aromatic N) is 3.